The average Bonchev–Trinajstić information content (AvgIpc) is 3.27. The Hall–Kier alpha value is -3.73. The van der Waals surface area contributed by atoms with Crippen LogP contribution >= 0.6 is 0 Å². The highest BCUT2D eigenvalue weighted by atomic mass is 16.3. The summed E-state index contributed by atoms with van der Waals surface area (Å²) in [6, 6.07) is 11.1. The van der Waals surface area contributed by atoms with Gasteiger partial charge in [0.2, 0.25) is 5.91 Å². The number of primary amides is 1. The minimum atomic E-state index is -2.73. The van der Waals surface area contributed by atoms with Crippen molar-refractivity contribution in [3.8, 4) is 16.9 Å². The van der Waals surface area contributed by atoms with Crippen LogP contribution in [-0.4, -0.2) is 86.9 Å². The fraction of sp³-hybridized carbons (Fsp3) is 0.500. The summed E-state index contributed by atoms with van der Waals surface area (Å²) in [6.07, 6.45) is 2.55. The Labute approximate surface area is 256 Å². The highest BCUT2D eigenvalue weighted by molar-refractivity contribution is 6.32. The van der Waals surface area contributed by atoms with Crippen LogP contribution in [0.4, 0.5) is 0 Å². The number of hydrogen-bond acceptors (Lipinski definition) is 9. The molecule has 4 aliphatic rings. The Morgan fingerprint density at radius 2 is 1.73 bits per heavy atom. The van der Waals surface area contributed by atoms with Crippen molar-refractivity contribution in [2.75, 3.05) is 14.1 Å². The van der Waals surface area contributed by atoms with E-state index in [2.05, 4.69) is 30.9 Å². The van der Waals surface area contributed by atoms with Gasteiger partial charge in [0.15, 0.2) is 34.7 Å². The SMILES string of the molecule is C[C@@H]1CC[C@@H](C)N1Cc1cccc(-c2ccc(O)c3c2C[C@H]2C[C@H]4[C@H](N(C)C)C(=O)C(C(N)=O)C(=O)[C@@]4(O)C(=O)C2C3=O)c1. The van der Waals surface area contributed by atoms with Crippen LogP contribution in [0.25, 0.3) is 11.1 Å². The van der Waals surface area contributed by atoms with Crippen molar-refractivity contribution in [3.63, 3.8) is 0 Å². The quantitative estimate of drug-likeness (QED) is 0.435. The Balaban J connectivity index is 1.41. The number of nitrogens with zero attached hydrogens (tertiary/aromatic N) is 2. The number of aromatic hydroxyl groups is 1. The Morgan fingerprint density at radius 1 is 1.05 bits per heavy atom. The van der Waals surface area contributed by atoms with E-state index in [4.69, 9.17) is 5.73 Å². The van der Waals surface area contributed by atoms with Crippen LogP contribution < -0.4 is 5.73 Å². The van der Waals surface area contributed by atoms with Gasteiger partial charge in [0.1, 0.15) is 5.75 Å². The molecule has 0 bridgehead atoms. The molecule has 2 aromatic rings. The standard InChI is InChI=1S/C34H39N3O7/c1-16-8-9-17(2)37(16)15-18-6-5-7-19(12-18)21-10-11-24(38)26-22(21)13-20-14-23-28(36(3)4)30(40)27(33(35)43)32(42)34(23,44)31(41)25(20)29(26)39/h5-7,10-12,16-17,20,23,25,27-28,38,44H,8-9,13-15H2,1-4H3,(H2,35,43)/t16-,17-,20+,23+,25?,27?,28+,34+/m1/s1. The zero-order chi connectivity index (χ0) is 31.8. The third-order valence-electron chi connectivity index (χ3n) is 10.7. The molecule has 2 saturated carbocycles. The molecule has 10 heteroatoms. The minimum Gasteiger partial charge on any atom is -0.507 e. The number of benzene rings is 2. The number of phenolic OH excluding ortho intramolecular Hbond substituents is 1. The highest BCUT2D eigenvalue weighted by Crippen LogP contribution is 2.51. The third-order valence-corrected chi connectivity index (χ3v) is 10.7. The number of nitrogens with two attached hydrogens (primary N) is 1. The van der Waals surface area contributed by atoms with Crippen molar-refractivity contribution in [2.45, 2.75) is 69.8 Å². The normalized spacial score (nSPS) is 33.7. The summed E-state index contributed by atoms with van der Waals surface area (Å²) in [4.78, 5) is 71.1. The van der Waals surface area contributed by atoms with Crippen LogP contribution in [0.5, 0.6) is 5.75 Å². The van der Waals surface area contributed by atoms with E-state index in [-0.39, 0.29) is 24.2 Å². The number of Topliss-reactive ketones (excluding diaryl/α,β-unsaturated/α-hetero) is 4. The summed E-state index contributed by atoms with van der Waals surface area (Å²) in [5.74, 6) is -10.5. The molecule has 44 heavy (non-hydrogen) atoms. The lowest BCUT2D eigenvalue weighted by Gasteiger charge is -2.52. The summed E-state index contributed by atoms with van der Waals surface area (Å²) in [5.41, 5.74) is 6.02. The maximum atomic E-state index is 14.1. The van der Waals surface area contributed by atoms with E-state index < -0.39 is 64.4 Å². The van der Waals surface area contributed by atoms with Gasteiger partial charge in [0.25, 0.3) is 0 Å². The van der Waals surface area contributed by atoms with E-state index in [1.165, 1.54) is 11.0 Å². The predicted octanol–water partition coefficient (Wildman–Crippen LogP) is 1.91. The van der Waals surface area contributed by atoms with Crippen molar-refractivity contribution in [2.24, 2.45) is 29.4 Å². The van der Waals surface area contributed by atoms with Gasteiger partial charge in [0, 0.05) is 24.5 Å². The van der Waals surface area contributed by atoms with Gasteiger partial charge in [-0.3, -0.25) is 33.8 Å². The Kier molecular flexibility index (Phi) is 7.38. The van der Waals surface area contributed by atoms with Crippen LogP contribution in [0.2, 0.25) is 0 Å². The van der Waals surface area contributed by atoms with E-state index >= 15 is 0 Å². The second kappa shape index (κ2) is 10.7. The lowest BCUT2D eigenvalue weighted by Crippen LogP contribution is -2.74. The van der Waals surface area contributed by atoms with Gasteiger partial charge < -0.3 is 15.9 Å². The lowest BCUT2D eigenvalue weighted by molar-refractivity contribution is -0.181. The molecule has 2 unspecified atom stereocenters. The zero-order valence-electron chi connectivity index (χ0n) is 25.4. The number of phenols is 1. The van der Waals surface area contributed by atoms with E-state index in [1.54, 1.807) is 20.2 Å². The minimum absolute atomic E-state index is 0.00119. The number of carbonyl (C=O) groups is 5. The number of rotatable bonds is 5. The number of carbonyl (C=O) groups excluding carboxylic acids is 5. The number of likely N-dealkylation sites (N-methyl/N-ethyl adjacent to an activating group) is 1. The predicted molar refractivity (Wildman–Crippen MR) is 160 cm³/mol. The molecule has 4 N–H and O–H groups in total. The fourth-order valence-corrected chi connectivity index (χ4v) is 8.48. The summed E-state index contributed by atoms with van der Waals surface area (Å²) >= 11 is 0. The summed E-state index contributed by atoms with van der Waals surface area (Å²) in [5, 5.41) is 22.7. The molecule has 0 spiro atoms. The molecule has 1 saturated heterocycles. The molecule has 3 fully saturated rings. The maximum Gasteiger partial charge on any atom is 0.235 e. The Morgan fingerprint density at radius 3 is 2.36 bits per heavy atom. The van der Waals surface area contributed by atoms with Gasteiger partial charge in [-0.1, -0.05) is 24.3 Å². The number of hydrogen-bond donors (Lipinski definition) is 3. The summed E-state index contributed by atoms with van der Waals surface area (Å²) < 4.78 is 0. The van der Waals surface area contributed by atoms with Gasteiger partial charge in [-0.05, 0) is 93.9 Å². The third kappa shape index (κ3) is 4.37. The smallest absolute Gasteiger partial charge is 0.235 e. The van der Waals surface area contributed by atoms with Gasteiger partial charge in [-0.15, -0.1) is 0 Å². The van der Waals surface area contributed by atoms with Crippen LogP contribution in [0.15, 0.2) is 36.4 Å². The maximum absolute atomic E-state index is 14.1. The number of likely N-dealkylation sites (tertiary alicyclic amines) is 1. The second-order valence-electron chi connectivity index (χ2n) is 13.4. The number of aliphatic hydroxyl groups is 1. The van der Waals surface area contributed by atoms with Crippen LogP contribution in [0.1, 0.15) is 54.6 Å². The average molecular weight is 602 g/mol. The molecule has 1 aliphatic heterocycles. The molecule has 10 nitrogen and oxygen atoms in total. The lowest BCUT2D eigenvalue weighted by atomic mass is 9.52. The van der Waals surface area contributed by atoms with Crippen molar-refractivity contribution in [1.29, 1.82) is 0 Å². The van der Waals surface area contributed by atoms with E-state index in [0.717, 1.165) is 36.1 Å². The van der Waals surface area contributed by atoms with Crippen LogP contribution in [0.3, 0.4) is 0 Å². The number of ketones is 4. The van der Waals surface area contributed by atoms with Crippen LogP contribution in [0, 0.1) is 23.7 Å². The first-order valence-corrected chi connectivity index (χ1v) is 15.3. The molecule has 1 heterocycles. The second-order valence-corrected chi connectivity index (χ2v) is 13.4. The molecule has 6 rings (SSSR count). The van der Waals surface area contributed by atoms with Crippen molar-refractivity contribution < 1.29 is 34.2 Å². The van der Waals surface area contributed by atoms with Crippen molar-refractivity contribution >= 4 is 29.0 Å². The molecular weight excluding hydrogens is 562 g/mol. The molecule has 0 aromatic heterocycles. The topological polar surface area (TPSA) is 158 Å². The highest BCUT2D eigenvalue weighted by Gasteiger charge is 2.69. The monoisotopic (exact) mass is 601 g/mol. The number of amides is 1. The first kappa shape index (κ1) is 30.3. The first-order valence-electron chi connectivity index (χ1n) is 15.3. The molecule has 0 radical (unpaired) electrons. The van der Waals surface area contributed by atoms with Gasteiger partial charge in [-0.2, -0.15) is 0 Å². The first-order chi connectivity index (χ1) is 20.8. The van der Waals surface area contributed by atoms with Crippen LogP contribution in [-0.2, 0) is 32.1 Å². The van der Waals surface area contributed by atoms with Gasteiger partial charge >= 0.3 is 0 Å². The molecule has 2 aromatic carbocycles. The van der Waals surface area contributed by atoms with Crippen molar-refractivity contribution in [3.05, 3.63) is 53.1 Å². The van der Waals surface area contributed by atoms with E-state index in [1.807, 2.05) is 12.1 Å². The van der Waals surface area contributed by atoms with E-state index in [0.29, 0.717) is 17.6 Å². The fourth-order valence-electron chi connectivity index (χ4n) is 8.48. The summed E-state index contributed by atoms with van der Waals surface area (Å²) in [7, 11) is 3.14. The Bertz CT molecular complexity index is 1590. The molecule has 1 amide bonds. The number of fused-ring (bicyclic) bond motifs is 3. The van der Waals surface area contributed by atoms with Gasteiger partial charge in [-0.25, -0.2) is 0 Å². The largest absolute Gasteiger partial charge is 0.507 e. The summed E-state index contributed by atoms with van der Waals surface area (Å²) in [6.45, 7) is 5.26. The van der Waals surface area contributed by atoms with Gasteiger partial charge in [0.05, 0.1) is 17.5 Å². The molecular formula is C34H39N3O7. The molecule has 8 atom stereocenters. The van der Waals surface area contributed by atoms with E-state index in [9.17, 15) is 34.2 Å². The van der Waals surface area contributed by atoms with Crippen molar-refractivity contribution in [1.82, 2.24) is 9.80 Å². The molecule has 232 valence electrons. The zero-order valence-corrected chi connectivity index (χ0v) is 25.4. The molecule has 3 aliphatic carbocycles.